The molecule has 2 saturated heterocycles. The van der Waals surface area contributed by atoms with Crippen LogP contribution in [-0.2, 0) is 9.53 Å². The van der Waals surface area contributed by atoms with Crippen molar-refractivity contribution < 1.29 is 9.53 Å². The van der Waals surface area contributed by atoms with Gasteiger partial charge < -0.3 is 15.0 Å². The van der Waals surface area contributed by atoms with E-state index in [0.29, 0.717) is 23.8 Å². The van der Waals surface area contributed by atoms with Crippen molar-refractivity contribution in [3.05, 3.63) is 0 Å². The molecule has 1 amide bonds. The number of nitrogens with zero attached hydrogens (tertiary/aromatic N) is 1. The highest BCUT2D eigenvalue weighted by atomic mass is 32.2. The van der Waals surface area contributed by atoms with Gasteiger partial charge in [0.1, 0.15) is 0 Å². The number of thioether (sulfide) groups is 1. The minimum atomic E-state index is 0.324. The lowest BCUT2D eigenvalue weighted by atomic mass is 10.0. The molecule has 0 aromatic heterocycles. The molecule has 0 spiro atoms. The summed E-state index contributed by atoms with van der Waals surface area (Å²) in [5.74, 6) is 1.91. The minimum absolute atomic E-state index is 0.324. The van der Waals surface area contributed by atoms with Crippen LogP contribution in [0.3, 0.4) is 0 Å². The van der Waals surface area contributed by atoms with Crippen molar-refractivity contribution in [3.63, 3.8) is 0 Å². The fraction of sp³-hybridized carbons (Fsp3) is 0.938. The summed E-state index contributed by atoms with van der Waals surface area (Å²) in [6, 6.07) is 0.449. The van der Waals surface area contributed by atoms with Crippen LogP contribution in [0.15, 0.2) is 0 Å². The first kappa shape index (κ1) is 17.1. The van der Waals surface area contributed by atoms with Gasteiger partial charge in [-0.3, -0.25) is 4.79 Å². The van der Waals surface area contributed by atoms with Gasteiger partial charge >= 0.3 is 0 Å². The van der Waals surface area contributed by atoms with E-state index in [9.17, 15) is 4.79 Å². The molecule has 2 fully saturated rings. The van der Waals surface area contributed by atoms with Crippen LogP contribution in [0.25, 0.3) is 0 Å². The fourth-order valence-corrected chi connectivity index (χ4v) is 4.15. The average Bonchev–Trinajstić information content (AvgIpc) is 2.54. The zero-order valence-electron chi connectivity index (χ0n) is 13.3. The molecule has 122 valence electrons. The highest BCUT2D eigenvalue weighted by molar-refractivity contribution is 7.99. The van der Waals surface area contributed by atoms with Crippen LogP contribution in [0, 0.1) is 0 Å². The van der Waals surface area contributed by atoms with E-state index < -0.39 is 0 Å². The molecule has 1 unspecified atom stereocenters. The number of hydrogen-bond acceptors (Lipinski definition) is 4. The number of hydrogen-bond donors (Lipinski definition) is 1. The van der Waals surface area contributed by atoms with E-state index in [1.54, 1.807) is 11.8 Å². The Hall–Kier alpha value is -0.260. The number of ether oxygens (including phenoxy) is 1. The lowest BCUT2D eigenvalue weighted by molar-refractivity contribution is -0.131. The number of carbonyl (C=O) groups excluding carboxylic acids is 1. The standard InChI is InChI=1S/C16H30N2O2S/c1-2-10-18(14-6-8-17-9-7-14)16(19)13-21-12-15-5-3-4-11-20-15/h14-15,17H,2-13H2,1H3. The first-order chi connectivity index (χ1) is 10.3. The fourth-order valence-electron chi connectivity index (χ4n) is 3.17. The van der Waals surface area contributed by atoms with Gasteiger partial charge in [-0.05, 0) is 51.6 Å². The van der Waals surface area contributed by atoms with Crippen LogP contribution in [0.2, 0.25) is 0 Å². The first-order valence-electron chi connectivity index (χ1n) is 8.50. The molecule has 2 rings (SSSR count). The quantitative estimate of drug-likeness (QED) is 0.783. The summed E-state index contributed by atoms with van der Waals surface area (Å²) in [7, 11) is 0. The molecule has 5 heteroatoms. The Balaban J connectivity index is 1.72. The van der Waals surface area contributed by atoms with Crippen molar-refractivity contribution >= 4 is 17.7 Å². The topological polar surface area (TPSA) is 41.6 Å². The Kier molecular flexibility index (Phi) is 7.89. The summed E-state index contributed by atoms with van der Waals surface area (Å²) < 4.78 is 5.73. The first-order valence-corrected chi connectivity index (χ1v) is 9.66. The zero-order chi connectivity index (χ0) is 14.9. The van der Waals surface area contributed by atoms with Crippen LogP contribution in [0.5, 0.6) is 0 Å². The van der Waals surface area contributed by atoms with E-state index in [4.69, 9.17) is 4.74 Å². The highest BCUT2D eigenvalue weighted by Gasteiger charge is 2.24. The van der Waals surface area contributed by atoms with Gasteiger partial charge in [0.15, 0.2) is 0 Å². The number of piperidine rings is 1. The highest BCUT2D eigenvalue weighted by Crippen LogP contribution is 2.19. The normalized spacial score (nSPS) is 24.0. The van der Waals surface area contributed by atoms with Gasteiger partial charge in [-0.2, -0.15) is 0 Å². The Morgan fingerprint density at radius 1 is 1.29 bits per heavy atom. The maximum absolute atomic E-state index is 12.5. The zero-order valence-corrected chi connectivity index (χ0v) is 14.1. The smallest absolute Gasteiger partial charge is 0.232 e. The van der Waals surface area contributed by atoms with Crippen molar-refractivity contribution in [2.75, 3.05) is 37.7 Å². The summed E-state index contributed by atoms with van der Waals surface area (Å²) in [4.78, 5) is 14.7. The van der Waals surface area contributed by atoms with E-state index in [0.717, 1.165) is 57.7 Å². The lowest BCUT2D eigenvalue weighted by Gasteiger charge is -2.34. The molecule has 2 aliphatic heterocycles. The number of rotatable bonds is 7. The third-order valence-electron chi connectivity index (χ3n) is 4.34. The van der Waals surface area contributed by atoms with Crippen molar-refractivity contribution in [1.29, 1.82) is 0 Å². The van der Waals surface area contributed by atoms with Crippen molar-refractivity contribution in [3.8, 4) is 0 Å². The predicted octanol–water partition coefficient (Wildman–Crippen LogP) is 2.28. The molecule has 0 saturated carbocycles. The van der Waals surface area contributed by atoms with Crippen LogP contribution in [0.4, 0.5) is 0 Å². The van der Waals surface area contributed by atoms with E-state index in [1.165, 1.54) is 12.8 Å². The van der Waals surface area contributed by atoms with Crippen LogP contribution < -0.4 is 5.32 Å². The summed E-state index contributed by atoms with van der Waals surface area (Å²) in [5, 5.41) is 3.38. The van der Waals surface area contributed by atoms with Gasteiger partial charge in [-0.25, -0.2) is 0 Å². The SMILES string of the molecule is CCCN(C(=O)CSCC1CCCCO1)C1CCNCC1. The number of nitrogens with one attached hydrogen (secondary N) is 1. The second kappa shape index (κ2) is 9.70. The van der Waals surface area contributed by atoms with Crippen LogP contribution >= 0.6 is 11.8 Å². The van der Waals surface area contributed by atoms with Crippen LogP contribution in [0.1, 0.15) is 45.4 Å². The Labute approximate surface area is 133 Å². The summed E-state index contributed by atoms with van der Waals surface area (Å²) in [5.41, 5.74) is 0. The van der Waals surface area contributed by atoms with Crippen LogP contribution in [-0.4, -0.2) is 60.7 Å². The van der Waals surface area contributed by atoms with Gasteiger partial charge in [-0.1, -0.05) is 6.92 Å². The molecular formula is C16H30N2O2S. The second-order valence-electron chi connectivity index (χ2n) is 6.07. The average molecular weight is 314 g/mol. The van der Waals surface area contributed by atoms with Gasteiger partial charge in [0, 0.05) is 24.9 Å². The van der Waals surface area contributed by atoms with Crippen molar-refractivity contribution in [1.82, 2.24) is 10.2 Å². The molecule has 2 heterocycles. The molecule has 1 N–H and O–H groups in total. The molecule has 0 aromatic carbocycles. The van der Waals surface area contributed by atoms with Gasteiger partial charge in [0.25, 0.3) is 0 Å². The second-order valence-corrected chi connectivity index (χ2v) is 7.10. The maximum atomic E-state index is 12.5. The van der Waals surface area contributed by atoms with Crippen molar-refractivity contribution in [2.24, 2.45) is 0 Å². The minimum Gasteiger partial charge on any atom is -0.377 e. The molecule has 0 aliphatic carbocycles. The molecule has 21 heavy (non-hydrogen) atoms. The van der Waals surface area contributed by atoms with Gasteiger partial charge in [-0.15, -0.1) is 11.8 Å². The Bertz CT molecular complexity index is 303. The van der Waals surface area contributed by atoms with Gasteiger partial charge in [0.2, 0.25) is 5.91 Å². The maximum Gasteiger partial charge on any atom is 0.232 e. The summed E-state index contributed by atoms with van der Waals surface area (Å²) in [6.07, 6.45) is 7.25. The molecule has 1 atom stereocenters. The Morgan fingerprint density at radius 2 is 2.10 bits per heavy atom. The monoisotopic (exact) mass is 314 g/mol. The number of carbonyl (C=O) groups is 1. The van der Waals surface area contributed by atoms with E-state index in [1.807, 2.05) is 0 Å². The molecule has 2 aliphatic rings. The molecule has 0 bridgehead atoms. The predicted molar refractivity (Wildman–Crippen MR) is 88.8 cm³/mol. The third kappa shape index (κ3) is 5.80. The molecule has 0 aromatic rings. The van der Waals surface area contributed by atoms with Gasteiger partial charge in [0.05, 0.1) is 11.9 Å². The van der Waals surface area contributed by atoms with Crippen molar-refractivity contribution in [2.45, 2.75) is 57.6 Å². The molecular weight excluding hydrogens is 284 g/mol. The molecule has 0 radical (unpaired) electrons. The summed E-state index contributed by atoms with van der Waals surface area (Å²) in [6.45, 7) is 6.05. The Morgan fingerprint density at radius 3 is 2.76 bits per heavy atom. The van der Waals surface area contributed by atoms with E-state index in [-0.39, 0.29) is 0 Å². The summed E-state index contributed by atoms with van der Waals surface area (Å²) >= 11 is 1.75. The largest absolute Gasteiger partial charge is 0.377 e. The van der Waals surface area contributed by atoms with E-state index >= 15 is 0 Å². The lowest BCUT2D eigenvalue weighted by Crippen LogP contribution is -2.47. The van der Waals surface area contributed by atoms with E-state index in [2.05, 4.69) is 17.1 Å². The number of amides is 1. The molecule has 4 nitrogen and oxygen atoms in total. The third-order valence-corrected chi connectivity index (χ3v) is 5.40.